The molecule has 0 fully saturated rings. The molecule has 0 aliphatic rings. The van der Waals surface area contributed by atoms with E-state index in [0.29, 0.717) is 11.1 Å². The lowest BCUT2D eigenvalue weighted by Gasteiger charge is -2.25. The first kappa shape index (κ1) is 17.6. The van der Waals surface area contributed by atoms with E-state index in [4.69, 9.17) is 20.6 Å². The Kier molecular flexibility index (Phi) is 5.55. The molecule has 0 saturated carbocycles. The van der Waals surface area contributed by atoms with Gasteiger partial charge in [-0.25, -0.2) is 0 Å². The van der Waals surface area contributed by atoms with E-state index in [1.54, 1.807) is 24.3 Å². The van der Waals surface area contributed by atoms with Crippen LogP contribution in [0.3, 0.4) is 0 Å². The highest BCUT2D eigenvalue weighted by Crippen LogP contribution is 2.63. The van der Waals surface area contributed by atoms with Crippen molar-refractivity contribution in [1.29, 1.82) is 0 Å². The highest BCUT2D eigenvalue weighted by atomic mass is 35.5. The van der Waals surface area contributed by atoms with E-state index in [1.165, 1.54) is 32.4 Å². The van der Waals surface area contributed by atoms with E-state index < -0.39 is 18.2 Å². The van der Waals surface area contributed by atoms with Crippen LogP contribution >= 0.6 is 19.2 Å². The monoisotopic (exact) mass is 355 g/mol. The van der Waals surface area contributed by atoms with Crippen molar-refractivity contribution in [3.8, 4) is 0 Å². The molecule has 6 nitrogen and oxygen atoms in total. The van der Waals surface area contributed by atoms with Crippen LogP contribution in [-0.4, -0.2) is 19.1 Å². The van der Waals surface area contributed by atoms with Gasteiger partial charge in [0.1, 0.15) is 5.66 Å². The maximum atomic E-state index is 13.0. The molecule has 8 heteroatoms. The maximum absolute atomic E-state index is 13.0. The van der Waals surface area contributed by atoms with Crippen LogP contribution in [0.1, 0.15) is 16.8 Å². The minimum Gasteiger partial charge on any atom is -0.311 e. The van der Waals surface area contributed by atoms with Crippen LogP contribution in [0.25, 0.3) is 0 Å². The Hall–Kier alpha value is -1.72. The van der Waals surface area contributed by atoms with Gasteiger partial charge >= 0.3 is 7.60 Å². The zero-order valence-electron chi connectivity index (χ0n) is 12.5. The number of halogens is 1. The van der Waals surface area contributed by atoms with Gasteiger partial charge in [0.2, 0.25) is 0 Å². The minimum absolute atomic E-state index is 0.127. The lowest BCUT2D eigenvalue weighted by molar-refractivity contribution is -0.384. The summed E-state index contributed by atoms with van der Waals surface area (Å²) in [5.41, 5.74) is 0.188. The summed E-state index contributed by atoms with van der Waals surface area (Å²) in [7, 11) is -0.973. The number of nitrogens with zero attached hydrogens (tertiary/aromatic N) is 1. The zero-order valence-corrected chi connectivity index (χ0v) is 14.2. The van der Waals surface area contributed by atoms with Gasteiger partial charge in [0.05, 0.1) is 9.95 Å². The Morgan fingerprint density at radius 3 is 2.22 bits per heavy atom. The normalized spacial score (nSPS) is 12.8. The summed E-state index contributed by atoms with van der Waals surface area (Å²) < 4.78 is 23.2. The second-order valence-corrected chi connectivity index (χ2v) is 7.41. The van der Waals surface area contributed by atoms with Crippen LogP contribution in [0, 0.1) is 10.1 Å². The number of nitro groups is 1. The molecule has 1 unspecified atom stereocenters. The highest BCUT2D eigenvalue weighted by Gasteiger charge is 2.38. The lowest BCUT2D eigenvalue weighted by atomic mass is 10.0. The Morgan fingerprint density at radius 1 is 1.13 bits per heavy atom. The van der Waals surface area contributed by atoms with Gasteiger partial charge < -0.3 is 9.05 Å². The number of hydrogen-bond acceptors (Lipinski definition) is 5. The molecular formula is C15H15ClNO5P. The number of hydrogen-bond donors (Lipinski definition) is 0. The summed E-state index contributed by atoms with van der Waals surface area (Å²) in [6.45, 7) is 0. The van der Waals surface area contributed by atoms with E-state index in [2.05, 4.69) is 0 Å². The molecule has 2 aromatic carbocycles. The SMILES string of the molecule is COP(=O)(OC)C(c1ccccc1)c1ccc([N+](=O)[O-])cc1Cl. The molecule has 0 heterocycles. The number of nitro benzene ring substituents is 1. The highest BCUT2D eigenvalue weighted by molar-refractivity contribution is 7.54. The van der Waals surface area contributed by atoms with Gasteiger partial charge in [0.15, 0.2) is 0 Å². The summed E-state index contributed by atoms with van der Waals surface area (Å²) in [6.07, 6.45) is 0. The Morgan fingerprint density at radius 2 is 1.74 bits per heavy atom. The molecule has 122 valence electrons. The van der Waals surface area contributed by atoms with Crippen molar-refractivity contribution in [2.24, 2.45) is 0 Å². The van der Waals surface area contributed by atoms with E-state index in [-0.39, 0.29) is 10.7 Å². The van der Waals surface area contributed by atoms with E-state index in [9.17, 15) is 14.7 Å². The molecule has 0 bridgehead atoms. The molecule has 0 N–H and O–H groups in total. The standard InChI is InChI=1S/C15H15ClNO5P/c1-21-23(20,22-2)15(11-6-4-3-5-7-11)13-9-8-12(17(18)19)10-14(13)16/h3-10,15H,1-2H3. The molecule has 2 rings (SSSR count). The van der Waals surface area contributed by atoms with Crippen LogP contribution in [0.4, 0.5) is 5.69 Å². The molecule has 0 spiro atoms. The summed E-state index contributed by atoms with van der Waals surface area (Å²) in [5, 5.41) is 11.0. The predicted molar refractivity (Wildman–Crippen MR) is 88.0 cm³/mol. The van der Waals surface area contributed by atoms with Crippen molar-refractivity contribution in [2.45, 2.75) is 5.66 Å². The van der Waals surface area contributed by atoms with Gasteiger partial charge in [-0.15, -0.1) is 0 Å². The smallest absolute Gasteiger partial charge is 0.311 e. The largest absolute Gasteiger partial charge is 0.341 e. The molecule has 2 aromatic rings. The van der Waals surface area contributed by atoms with Gasteiger partial charge in [-0.3, -0.25) is 14.7 Å². The molecule has 23 heavy (non-hydrogen) atoms. The fourth-order valence-corrected chi connectivity index (χ4v) is 4.34. The second kappa shape index (κ2) is 7.23. The van der Waals surface area contributed by atoms with Gasteiger partial charge in [-0.05, 0) is 17.2 Å². The van der Waals surface area contributed by atoms with Crippen molar-refractivity contribution >= 4 is 24.9 Å². The third-order valence-electron chi connectivity index (χ3n) is 3.43. The Bertz CT molecular complexity index is 745. The fourth-order valence-electron chi connectivity index (χ4n) is 2.30. The third-order valence-corrected chi connectivity index (χ3v) is 5.98. The van der Waals surface area contributed by atoms with Crippen molar-refractivity contribution in [1.82, 2.24) is 0 Å². The first-order valence-electron chi connectivity index (χ1n) is 6.63. The van der Waals surface area contributed by atoms with E-state index in [0.717, 1.165) is 0 Å². The first-order valence-corrected chi connectivity index (χ1v) is 8.62. The molecule has 0 saturated heterocycles. The summed E-state index contributed by atoms with van der Waals surface area (Å²) in [5.74, 6) is 0. The zero-order chi connectivity index (χ0) is 17.0. The Labute approximate surface area is 138 Å². The number of benzene rings is 2. The molecule has 0 aromatic heterocycles. The quantitative estimate of drug-likeness (QED) is 0.421. The number of non-ortho nitro benzene ring substituents is 1. The van der Waals surface area contributed by atoms with Crippen molar-refractivity contribution in [3.63, 3.8) is 0 Å². The molecule has 0 aliphatic heterocycles. The van der Waals surface area contributed by atoms with Crippen LogP contribution in [0.15, 0.2) is 48.5 Å². The topological polar surface area (TPSA) is 78.7 Å². The summed E-state index contributed by atoms with van der Waals surface area (Å²) >= 11 is 6.20. The molecule has 1 atom stereocenters. The van der Waals surface area contributed by atoms with E-state index >= 15 is 0 Å². The van der Waals surface area contributed by atoms with Crippen molar-refractivity contribution in [2.75, 3.05) is 14.2 Å². The van der Waals surface area contributed by atoms with Gasteiger partial charge in [0, 0.05) is 26.4 Å². The average Bonchev–Trinajstić information content (AvgIpc) is 2.57. The predicted octanol–water partition coefficient (Wildman–Crippen LogP) is 4.82. The molecule has 0 aliphatic carbocycles. The minimum atomic E-state index is -3.56. The van der Waals surface area contributed by atoms with Crippen LogP contribution in [-0.2, 0) is 13.6 Å². The van der Waals surface area contributed by atoms with Gasteiger partial charge in [0.25, 0.3) is 5.69 Å². The van der Waals surface area contributed by atoms with Crippen LogP contribution in [0.5, 0.6) is 0 Å². The summed E-state index contributed by atoms with van der Waals surface area (Å²) in [4.78, 5) is 10.3. The molecular weight excluding hydrogens is 341 g/mol. The van der Waals surface area contributed by atoms with Gasteiger partial charge in [-0.2, -0.15) is 0 Å². The van der Waals surface area contributed by atoms with Gasteiger partial charge in [-0.1, -0.05) is 41.9 Å². The third kappa shape index (κ3) is 3.62. The Balaban J connectivity index is 2.64. The van der Waals surface area contributed by atoms with Crippen molar-refractivity contribution in [3.05, 3.63) is 74.8 Å². The first-order chi connectivity index (χ1) is 10.9. The van der Waals surface area contributed by atoms with Crippen LogP contribution < -0.4 is 0 Å². The fraction of sp³-hybridized carbons (Fsp3) is 0.200. The summed E-state index contributed by atoms with van der Waals surface area (Å²) in [6, 6.07) is 13.0. The van der Waals surface area contributed by atoms with Crippen LogP contribution in [0.2, 0.25) is 5.02 Å². The maximum Gasteiger partial charge on any atom is 0.341 e. The average molecular weight is 356 g/mol. The van der Waals surface area contributed by atoms with E-state index in [1.807, 2.05) is 6.07 Å². The number of rotatable bonds is 6. The molecule has 0 radical (unpaired) electrons. The van der Waals surface area contributed by atoms with Crippen molar-refractivity contribution < 1.29 is 18.5 Å². The second-order valence-electron chi connectivity index (χ2n) is 4.68. The molecule has 0 amide bonds. The lowest BCUT2D eigenvalue weighted by Crippen LogP contribution is -2.06.